The molecule has 0 radical (unpaired) electrons. The number of carbonyl (C=O) groups excluding carboxylic acids is 2. The maximum Gasteiger partial charge on any atom is 0.175 e. The number of rotatable bonds is 8. The lowest BCUT2D eigenvalue weighted by Crippen LogP contribution is -2.29. The highest BCUT2D eigenvalue weighted by Crippen LogP contribution is 2.27. The van der Waals surface area contributed by atoms with Crippen LogP contribution in [-0.2, 0) is 4.79 Å². The van der Waals surface area contributed by atoms with E-state index in [1.807, 2.05) is 18.2 Å². The van der Waals surface area contributed by atoms with E-state index >= 15 is 0 Å². The molecule has 0 fully saturated rings. The highest BCUT2D eigenvalue weighted by atomic mass is 16.1. The van der Waals surface area contributed by atoms with Crippen LogP contribution in [0.25, 0.3) is 0 Å². The van der Waals surface area contributed by atoms with Crippen LogP contribution in [0, 0.1) is 5.41 Å². The van der Waals surface area contributed by atoms with Crippen LogP contribution in [0.15, 0.2) is 30.3 Å². The van der Waals surface area contributed by atoms with E-state index in [0.717, 1.165) is 32.0 Å². The molecule has 0 saturated heterocycles. The van der Waals surface area contributed by atoms with Gasteiger partial charge in [0.25, 0.3) is 0 Å². The molecule has 0 spiro atoms. The fourth-order valence-electron chi connectivity index (χ4n) is 2.06. The van der Waals surface area contributed by atoms with Crippen LogP contribution >= 0.6 is 0 Å². The predicted molar refractivity (Wildman–Crippen MR) is 73.7 cm³/mol. The van der Waals surface area contributed by atoms with Crippen molar-refractivity contribution in [3.05, 3.63) is 35.9 Å². The van der Waals surface area contributed by atoms with Gasteiger partial charge in [0.2, 0.25) is 0 Å². The molecule has 1 unspecified atom stereocenters. The van der Waals surface area contributed by atoms with Gasteiger partial charge in [0, 0.05) is 5.56 Å². The van der Waals surface area contributed by atoms with Crippen molar-refractivity contribution in [3.63, 3.8) is 0 Å². The molecule has 0 aliphatic rings. The number of benzene rings is 1. The van der Waals surface area contributed by atoms with E-state index in [1.54, 1.807) is 19.1 Å². The van der Waals surface area contributed by atoms with Gasteiger partial charge < -0.3 is 4.79 Å². The van der Waals surface area contributed by atoms with Crippen LogP contribution in [0.1, 0.15) is 56.3 Å². The first-order valence-corrected chi connectivity index (χ1v) is 6.70. The van der Waals surface area contributed by atoms with Gasteiger partial charge in [-0.15, -0.1) is 0 Å². The third kappa shape index (κ3) is 3.80. The van der Waals surface area contributed by atoms with Gasteiger partial charge in [-0.3, -0.25) is 4.79 Å². The molecule has 98 valence electrons. The largest absolute Gasteiger partial charge is 0.302 e. The number of unbranched alkanes of at least 4 members (excludes halogenated alkanes) is 3. The maximum absolute atomic E-state index is 12.3. The minimum atomic E-state index is -0.866. The van der Waals surface area contributed by atoms with Crippen LogP contribution in [0.5, 0.6) is 0 Å². The average molecular weight is 246 g/mol. The van der Waals surface area contributed by atoms with Crippen LogP contribution in [0.4, 0.5) is 0 Å². The van der Waals surface area contributed by atoms with Crippen molar-refractivity contribution in [2.45, 2.75) is 46.0 Å². The SMILES string of the molecule is CCCCCCC(C)(C=O)C(=O)c1ccccc1. The van der Waals surface area contributed by atoms with E-state index in [1.165, 1.54) is 0 Å². The predicted octanol–water partition coefficient (Wildman–Crippen LogP) is 4.04. The Morgan fingerprint density at radius 1 is 1.17 bits per heavy atom. The molecular formula is C16H22O2. The molecule has 0 aliphatic heterocycles. The molecule has 0 aromatic heterocycles. The van der Waals surface area contributed by atoms with E-state index in [-0.39, 0.29) is 5.78 Å². The summed E-state index contributed by atoms with van der Waals surface area (Å²) in [5.41, 5.74) is -0.239. The van der Waals surface area contributed by atoms with Crippen molar-refractivity contribution in [1.82, 2.24) is 0 Å². The molecule has 0 heterocycles. The quantitative estimate of drug-likeness (QED) is 0.300. The van der Waals surface area contributed by atoms with Crippen LogP contribution < -0.4 is 0 Å². The fourth-order valence-corrected chi connectivity index (χ4v) is 2.06. The summed E-state index contributed by atoms with van der Waals surface area (Å²) in [6.07, 6.45) is 5.79. The second kappa shape index (κ2) is 7.10. The Hall–Kier alpha value is -1.44. The lowest BCUT2D eigenvalue weighted by molar-refractivity contribution is -0.113. The zero-order chi connectivity index (χ0) is 13.4. The van der Waals surface area contributed by atoms with E-state index in [4.69, 9.17) is 0 Å². The minimum Gasteiger partial charge on any atom is -0.302 e. The molecule has 1 aromatic rings. The lowest BCUT2D eigenvalue weighted by Gasteiger charge is -2.21. The zero-order valence-corrected chi connectivity index (χ0v) is 11.3. The number of carbonyl (C=O) groups is 2. The summed E-state index contributed by atoms with van der Waals surface area (Å²) in [7, 11) is 0. The second-order valence-electron chi connectivity index (χ2n) is 5.04. The van der Waals surface area contributed by atoms with E-state index < -0.39 is 5.41 Å². The number of aldehydes is 1. The minimum absolute atomic E-state index is 0.0606. The van der Waals surface area contributed by atoms with Gasteiger partial charge in [-0.05, 0) is 13.3 Å². The number of Topliss-reactive ketones (excluding diaryl/α,β-unsaturated/α-hetero) is 1. The first-order chi connectivity index (χ1) is 8.64. The first-order valence-electron chi connectivity index (χ1n) is 6.70. The van der Waals surface area contributed by atoms with Gasteiger partial charge in [0.15, 0.2) is 5.78 Å². The molecule has 1 rings (SSSR count). The molecule has 0 N–H and O–H groups in total. The van der Waals surface area contributed by atoms with Crippen molar-refractivity contribution < 1.29 is 9.59 Å². The Balaban J connectivity index is 2.69. The molecule has 2 heteroatoms. The number of hydrogen-bond donors (Lipinski definition) is 0. The highest BCUT2D eigenvalue weighted by molar-refractivity contribution is 6.08. The zero-order valence-electron chi connectivity index (χ0n) is 11.3. The third-order valence-electron chi connectivity index (χ3n) is 3.36. The number of ketones is 1. The van der Waals surface area contributed by atoms with Gasteiger partial charge in [-0.1, -0.05) is 62.9 Å². The summed E-state index contributed by atoms with van der Waals surface area (Å²) in [6.45, 7) is 3.90. The van der Waals surface area contributed by atoms with Crippen LogP contribution in [-0.4, -0.2) is 12.1 Å². The molecule has 0 amide bonds. The monoisotopic (exact) mass is 246 g/mol. The molecule has 1 atom stereocenters. The van der Waals surface area contributed by atoms with Gasteiger partial charge in [-0.2, -0.15) is 0 Å². The summed E-state index contributed by atoms with van der Waals surface area (Å²) in [4.78, 5) is 23.6. The average Bonchev–Trinajstić information content (AvgIpc) is 2.43. The first kappa shape index (κ1) is 14.6. The topological polar surface area (TPSA) is 34.1 Å². The lowest BCUT2D eigenvalue weighted by atomic mass is 9.79. The van der Waals surface area contributed by atoms with Crippen molar-refractivity contribution in [2.75, 3.05) is 0 Å². The van der Waals surface area contributed by atoms with E-state index in [9.17, 15) is 9.59 Å². The Labute approximate surface area is 109 Å². The van der Waals surface area contributed by atoms with Gasteiger partial charge in [0.1, 0.15) is 6.29 Å². The molecule has 0 bridgehead atoms. The summed E-state index contributed by atoms with van der Waals surface area (Å²) in [5, 5.41) is 0. The fraction of sp³-hybridized carbons (Fsp3) is 0.500. The molecule has 18 heavy (non-hydrogen) atoms. The summed E-state index contributed by atoms with van der Waals surface area (Å²) in [5.74, 6) is -0.0606. The standard InChI is InChI=1S/C16H22O2/c1-3-4-5-9-12-16(2,13-17)15(18)14-10-7-6-8-11-14/h6-8,10-11,13H,3-5,9,12H2,1-2H3. The van der Waals surface area contributed by atoms with Crippen molar-refractivity contribution in [3.8, 4) is 0 Å². The van der Waals surface area contributed by atoms with Crippen LogP contribution in [0.3, 0.4) is 0 Å². The molecule has 0 saturated carbocycles. The third-order valence-corrected chi connectivity index (χ3v) is 3.36. The second-order valence-corrected chi connectivity index (χ2v) is 5.04. The Morgan fingerprint density at radius 2 is 1.83 bits per heavy atom. The van der Waals surface area contributed by atoms with Crippen molar-refractivity contribution >= 4 is 12.1 Å². The summed E-state index contributed by atoms with van der Waals surface area (Å²) >= 11 is 0. The van der Waals surface area contributed by atoms with E-state index in [0.29, 0.717) is 12.0 Å². The van der Waals surface area contributed by atoms with Crippen molar-refractivity contribution in [1.29, 1.82) is 0 Å². The Kier molecular flexibility index (Phi) is 5.76. The van der Waals surface area contributed by atoms with Crippen molar-refractivity contribution in [2.24, 2.45) is 5.41 Å². The normalized spacial score (nSPS) is 13.9. The summed E-state index contributed by atoms with van der Waals surface area (Å²) < 4.78 is 0. The molecular weight excluding hydrogens is 224 g/mol. The van der Waals surface area contributed by atoms with Gasteiger partial charge >= 0.3 is 0 Å². The Morgan fingerprint density at radius 3 is 2.39 bits per heavy atom. The summed E-state index contributed by atoms with van der Waals surface area (Å²) in [6, 6.07) is 9.08. The molecule has 2 nitrogen and oxygen atoms in total. The van der Waals surface area contributed by atoms with E-state index in [2.05, 4.69) is 6.92 Å². The molecule has 1 aromatic carbocycles. The Bertz CT molecular complexity index is 383. The molecule has 0 aliphatic carbocycles. The smallest absolute Gasteiger partial charge is 0.175 e. The van der Waals surface area contributed by atoms with Gasteiger partial charge in [0.05, 0.1) is 5.41 Å². The maximum atomic E-state index is 12.3. The number of hydrogen-bond acceptors (Lipinski definition) is 2. The van der Waals surface area contributed by atoms with Gasteiger partial charge in [-0.25, -0.2) is 0 Å². The highest BCUT2D eigenvalue weighted by Gasteiger charge is 2.32. The van der Waals surface area contributed by atoms with Crippen LogP contribution in [0.2, 0.25) is 0 Å².